The normalized spacial score (nSPS) is 28.7. The number of carbonyl (C=O) groups is 1. The number of hydrogen-bond acceptors (Lipinski definition) is 3. The predicted octanol–water partition coefficient (Wildman–Crippen LogP) is 4.07. The Morgan fingerprint density at radius 3 is 2.87 bits per heavy atom. The number of nitrogens with zero attached hydrogens (tertiary/aromatic N) is 1. The molecule has 1 fully saturated rings. The summed E-state index contributed by atoms with van der Waals surface area (Å²) in [5.41, 5.74) is 2.15. The molecule has 1 saturated heterocycles. The highest BCUT2D eigenvalue weighted by molar-refractivity contribution is 7.44. The second-order valence-electron chi connectivity index (χ2n) is 5.64. The Hall–Kier alpha value is -1.32. The summed E-state index contributed by atoms with van der Waals surface area (Å²) in [6.45, 7) is 7.14. The summed E-state index contributed by atoms with van der Waals surface area (Å²) in [4.78, 5) is 11.8. The minimum absolute atomic E-state index is 0.119. The Kier molecular flexibility index (Phi) is 6.25. The quantitative estimate of drug-likeness (QED) is 0.576. The predicted molar refractivity (Wildman–Crippen MR) is 94.5 cm³/mol. The molecule has 0 saturated carbocycles. The lowest BCUT2D eigenvalue weighted by atomic mass is 9.91. The summed E-state index contributed by atoms with van der Waals surface area (Å²) < 4.78 is 13.8. The Balaban J connectivity index is 2.12. The van der Waals surface area contributed by atoms with Crippen molar-refractivity contribution in [3.63, 3.8) is 0 Å². The SMILES string of the molecule is CC/C=C\C(Cl)=C1\NCC=C(CC2NC(=O)N(CC)[P+]2=O)C1C. The highest BCUT2D eigenvalue weighted by Crippen LogP contribution is 2.42. The third kappa shape index (κ3) is 3.96. The first-order valence-corrected chi connectivity index (χ1v) is 9.68. The molecule has 7 heteroatoms. The van der Waals surface area contributed by atoms with Crippen LogP contribution in [0.3, 0.4) is 0 Å². The average molecular weight is 357 g/mol. The number of halogens is 1. The van der Waals surface area contributed by atoms with Crippen LogP contribution in [-0.4, -0.2) is 29.6 Å². The number of hydrogen-bond donors (Lipinski definition) is 2. The van der Waals surface area contributed by atoms with Crippen LogP contribution in [0.25, 0.3) is 0 Å². The molecule has 2 rings (SSSR count). The molecular weight excluding hydrogens is 333 g/mol. The number of urea groups is 1. The molecular formula is C16H24ClN3O2P+. The van der Waals surface area contributed by atoms with E-state index in [1.54, 1.807) is 0 Å². The van der Waals surface area contributed by atoms with Crippen molar-refractivity contribution in [1.82, 2.24) is 15.3 Å². The minimum Gasteiger partial charge on any atom is -0.383 e. The fraction of sp³-hybridized carbons (Fsp3) is 0.562. The fourth-order valence-corrected chi connectivity index (χ4v) is 4.59. The molecule has 3 atom stereocenters. The number of allylic oxidation sites excluding steroid dienone is 4. The zero-order valence-corrected chi connectivity index (χ0v) is 15.5. The van der Waals surface area contributed by atoms with Gasteiger partial charge in [0.2, 0.25) is 0 Å². The van der Waals surface area contributed by atoms with Crippen molar-refractivity contribution in [3.05, 3.63) is 34.5 Å². The molecule has 2 aliphatic heterocycles. The second kappa shape index (κ2) is 7.98. The van der Waals surface area contributed by atoms with Crippen LogP contribution in [0.1, 0.15) is 33.6 Å². The first kappa shape index (κ1) is 18.0. The minimum atomic E-state index is -1.72. The van der Waals surface area contributed by atoms with Gasteiger partial charge in [0.25, 0.3) is 5.78 Å². The monoisotopic (exact) mass is 356 g/mol. The summed E-state index contributed by atoms with van der Waals surface area (Å²) in [7, 11) is -1.72. The third-order valence-corrected chi connectivity index (χ3v) is 6.28. The molecule has 0 aliphatic carbocycles. The lowest BCUT2D eigenvalue weighted by molar-refractivity contribution is 0.230. The summed E-state index contributed by atoms with van der Waals surface area (Å²) in [5.74, 6) is -0.204. The number of carbonyl (C=O) groups excluding carboxylic acids is 1. The van der Waals surface area contributed by atoms with Crippen molar-refractivity contribution < 1.29 is 9.36 Å². The van der Waals surface area contributed by atoms with Gasteiger partial charge >= 0.3 is 14.0 Å². The van der Waals surface area contributed by atoms with E-state index in [9.17, 15) is 9.36 Å². The summed E-state index contributed by atoms with van der Waals surface area (Å²) >= 11 is 6.38. The van der Waals surface area contributed by atoms with E-state index in [2.05, 4.69) is 30.6 Å². The van der Waals surface area contributed by atoms with Crippen molar-refractivity contribution in [3.8, 4) is 0 Å². The van der Waals surface area contributed by atoms with Gasteiger partial charge in [-0.3, -0.25) is 5.32 Å². The van der Waals surface area contributed by atoms with E-state index in [1.807, 2.05) is 19.1 Å². The van der Waals surface area contributed by atoms with E-state index in [-0.39, 0.29) is 17.7 Å². The fourth-order valence-electron chi connectivity index (χ4n) is 2.84. The highest BCUT2D eigenvalue weighted by Gasteiger charge is 2.49. The standard InChI is InChI=1S/C16H23ClN3O2P/c1-4-6-7-13(17)15-11(3)12(8-9-18-15)10-14-19-16(21)20(5-2)23(14)22/h6-8,11,14,18H,4-5,9-10H2,1-3H3/p+1/b7-6-,15-13-. The third-order valence-electron chi connectivity index (χ3n) is 4.16. The topological polar surface area (TPSA) is 61.4 Å². The lowest BCUT2D eigenvalue weighted by Gasteiger charge is -2.26. The van der Waals surface area contributed by atoms with Crippen molar-refractivity contribution >= 4 is 25.6 Å². The maximum absolute atomic E-state index is 12.4. The largest absolute Gasteiger partial charge is 0.491 e. The smallest absolute Gasteiger partial charge is 0.383 e. The van der Waals surface area contributed by atoms with Crippen LogP contribution in [0, 0.1) is 5.92 Å². The molecule has 0 radical (unpaired) electrons. The number of rotatable bonds is 5. The van der Waals surface area contributed by atoms with Gasteiger partial charge in [0, 0.05) is 24.6 Å². The molecule has 5 nitrogen and oxygen atoms in total. The van der Waals surface area contributed by atoms with Gasteiger partial charge in [0.05, 0.1) is 11.6 Å². The molecule has 2 aliphatic rings. The summed E-state index contributed by atoms with van der Waals surface area (Å²) in [5, 5.41) is 6.86. The maximum Gasteiger partial charge on any atom is 0.491 e. The van der Waals surface area contributed by atoms with Crippen molar-refractivity contribution in [2.24, 2.45) is 5.92 Å². The van der Waals surface area contributed by atoms with E-state index in [0.717, 1.165) is 17.7 Å². The first-order valence-electron chi connectivity index (χ1n) is 8.02. The number of nitrogens with one attached hydrogen (secondary N) is 2. The van der Waals surface area contributed by atoms with Gasteiger partial charge in [-0.15, -0.1) is 4.67 Å². The number of amides is 2. The maximum atomic E-state index is 12.4. The van der Waals surface area contributed by atoms with Gasteiger partial charge in [0.1, 0.15) is 0 Å². The van der Waals surface area contributed by atoms with E-state index >= 15 is 0 Å². The zero-order valence-electron chi connectivity index (χ0n) is 13.8. The summed E-state index contributed by atoms with van der Waals surface area (Å²) in [6, 6.07) is -0.236. The van der Waals surface area contributed by atoms with Crippen LogP contribution < -0.4 is 10.6 Å². The summed E-state index contributed by atoms with van der Waals surface area (Å²) in [6.07, 6.45) is 7.56. The second-order valence-corrected chi connectivity index (χ2v) is 7.76. The average Bonchev–Trinajstić information content (AvgIpc) is 2.80. The first-order chi connectivity index (χ1) is 11.0. The van der Waals surface area contributed by atoms with E-state index in [0.29, 0.717) is 24.5 Å². The molecule has 0 bridgehead atoms. The van der Waals surface area contributed by atoms with E-state index < -0.39 is 7.95 Å². The van der Waals surface area contributed by atoms with Crippen molar-refractivity contribution in [2.45, 2.75) is 39.4 Å². The highest BCUT2D eigenvalue weighted by atomic mass is 35.5. The van der Waals surface area contributed by atoms with Gasteiger partial charge in [-0.25, -0.2) is 4.79 Å². The lowest BCUT2D eigenvalue weighted by Crippen LogP contribution is -2.31. The molecule has 23 heavy (non-hydrogen) atoms. The van der Waals surface area contributed by atoms with Crippen LogP contribution in [0.15, 0.2) is 34.5 Å². The molecule has 3 unspecified atom stereocenters. The van der Waals surface area contributed by atoms with Crippen molar-refractivity contribution in [1.29, 1.82) is 0 Å². The van der Waals surface area contributed by atoms with Crippen LogP contribution in [0.5, 0.6) is 0 Å². The van der Waals surface area contributed by atoms with Gasteiger partial charge in [-0.1, -0.05) is 43.2 Å². The Morgan fingerprint density at radius 1 is 1.52 bits per heavy atom. The van der Waals surface area contributed by atoms with Gasteiger partial charge in [-0.05, 0) is 24.0 Å². The molecule has 0 aromatic heterocycles. The van der Waals surface area contributed by atoms with Crippen LogP contribution in [-0.2, 0) is 4.57 Å². The van der Waals surface area contributed by atoms with Gasteiger partial charge in [0.15, 0.2) is 0 Å². The Bertz CT molecular complexity index is 586. The van der Waals surface area contributed by atoms with Gasteiger partial charge < -0.3 is 5.32 Å². The van der Waals surface area contributed by atoms with Crippen LogP contribution in [0.2, 0.25) is 0 Å². The molecule has 0 aromatic rings. The Morgan fingerprint density at radius 2 is 2.26 bits per heavy atom. The molecule has 2 amide bonds. The molecule has 126 valence electrons. The molecule has 0 spiro atoms. The Labute approximate surface area is 143 Å². The van der Waals surface area contributed by atoms with Crippen molar-refractivity contribution in [2.75, 3.05) is 13.1 Å². The van der Waals surface area contributed by atoms with Gasteiger partial charge in [-0.2, -0.15) is 0 Å². The van der Waals surface area contributed by atoms with E-state index in [1.165, 1.54) is 4.67 Å². The zero-order chi connectivity index (χ0) is 17.0. The van der Waals surface area contributed by atoms with Crippen LogP contribution >= 0.6 is 19.6 Å². The molecule has 2 N–H and O–H groups in total. The van der Waals surface area contributed by atoms with E-state index in [4.69, 9.17) is 11.6 Å². The van der Waals surface area contributed by atoms with Crippen LogP contribution in [0.4, 0.5) is 4.79 Å². The molecule has 0 aromatic carbocycles. The molecule has 2 heterocycles.